The van der Waals surface area contributed by atoms with Crippen LogP contribution >= 0.6 is 0 Å². The number of amides is 1. The molecular weight excluding hydrogens is 316 g/mol. The molecule has 1 aromatic heterocycles. The number of para-hydroxylation sites is 1. The van der Waals surface area contributed by atoms with Crippen molar-refractivity contribution in [3.05, 3.63) is 59.3 Å². The Balaban J connectivity index is 1.62. The lowest BCUT2D eigenvalue weighted by atomic mass is 10.0. The molecule has 1 aliphatic heterocycles. The van der Waals surface area contributed by atoms with Crippen LogP contribution < -0.4 is 9.47 Å². The van der Waals surface area contributed by atoms with Gasteiger partial charge in [0.15, 0.2) is 11.5 Å². The van der Waals surface area contributed by atoms with Crippen LogP contribution in [0.2, 0.25) is 0 Å². The monoisotopic (exact) mass is 336 g/mol. The Morgan fingerprint density at radius 1 is 1.08 bits per heavy atom. The highest BCUT2D eigenvalue weighted by Gasteiger charge is 2.25. The first-order valence-corrected chi connectivity index (χ1v) is 8.31. The lowest BCUT2D eigenvalue weighted by Gasteiger charge is -2.27. The van der Waals surface area contributed by atoms with Crippen LogP contribution in [-0.2, 0) is 13.0 Å². The first-order valence-electron chi connectivity index (χ1n) is 8.31. The zero-order valence-corrected chi connectivity index (χ0v) is 14.3. The van der Waals surface area contributed by atoms with Crippen molar-refractivity contribution < 1.29 is 14.3 Å². The largest absolute Gasteiger partial charge is 0.493 e. The Labute approximate surface area is 146 Å². The first kappa shape index (κ1) is 15.6. The van der Waals surface area contributed by atoms with E-state index in [1.54, 1.807) is 32.4 Å². The van der Waals surface area contributed by atoms with E-state index in [4.69, 9.17) is 9.47 Å². The van der Waals surface area contributed by atoms with Gasteiger partial charge in [-0.25, -0.2) is 0 Å². The van der Waals surface area contributed by atoms with Crippen LogP contribution in [0.3, 0.4) is 0 Å². The normalized spacial score (nSPS) is 13.6. The van der Waals surface area contributed by atoms with E-state index in [1.807, 2.05) is 11.0 Å². The van der Waals surface area contributed by atoms with Gasteiger partial charge in [0.05, 0.1) is 20.8 Å². The minimum absolute atomic E-state index is 0.00487. The molecular formula is C20H20N2O3. The molecule has 128 valence electrons. The number of fused-ring (bicyclic) bond motifs is 3. The highest BCUT2D eigenvalue weighted by Crippen LogP contribution is 2.30. The molecule has 1 amide bonds. The van der Waals surface area contributed by atoms with E-state index >= 15 is 0 Å². The third kappa shape index (κ3) is 2.61. The third-order valence-corrected chi connectivity index (χ3v) is 4.80. The number of hydrogen-bond acceptors (Lipinski definition) is 3. The number of H-pyrrole nitrogens is 1. The van der Waals surface area contributed by atoms with Crippen molar-refractivity contribution in [2.24, 2.45) is 0 Å². The van der Waals surface area contributed by atoms with Crippen molar-refractivity contribution >= 4 is 16.8 Å². The van der Waals surface area contributed by atoms with Gasteiger partial charge in [0.2, 0.25) is 0 Å². The summed E-state index contributed by atoms with van der Waals surface area (Å²) in [6.45, 7) is 1.30. The van der Waals surface area contributed by atoms with Gasteiger partial charge in [0.1, 0.15) is 0 Å². The Hall–Kier alpha value is -2.95. The van der Waals surface area contributed by atoms with E-state index in [-0.39, 0.29) is 5.91 Å². The minimum atomic E-state index is 0.00487. The number of hydrogen-bond donors (Lipinski definition) is 1. The molecule has 2 heterocycles. The number of carbonyl (C=O) groups is 1. The molecule has 5 nitrogen and oxygen atoms in total. The summed E-state index contributed by atoms with van der Waals surface area (Å²) in [7, 11) is 3.16. The average molecular weight is 336 g/mol. The van der Waals surface area contributed by atoms with Crippen molar-refractivity contribution in [1.82, 2.24) is 9.88 Å². The molecule has 0 saturated carbocycles. The first-order chi connectivity index (χ1) is 12.2. The van der Waals surface area contributed by atoms with Crippen LogP contribution in [0.4, 0.5) is 0 Å². The van der Waals surface area contributed by atoms with Gasteiger partial charge in [-0.2, -0.15) is 0 Å². The van der Waals surface area contributed by atoms with Crippen LogP contribution in [0, 0.1) is 0 Å². The molecule has 3 aromatic rings. The molecule has 0 saturated heterocycles. The van der Waals surface area contributed by atoms with Gasteiger partial charge in [-0.3, -0.25) is 4.79 Å². The lowest BCUT2D eigenvalue weighted by molar-refractivity contribution is 0.0732. The number of benzene rings is 2. The topological polar surface area (TPSA) is 54.6 Å². The number of nitrogens with one attached hydrogen (secondary N) is 1. The average Bonchev–Trinajstić information content (AvgIpc) is 3.04. The number of aromatic nitrogens is 1. The van der Waals surface area contributed by atoms with Gasteiger partial charge < -0.3 is 19.4 Å². The van der Waals surface area contributed by atoms with Crippen molar-refractivity contribution in [1.29, 1.82) is 0 Å². The van der Waals surface area contributed by atoms with E-state index in [9.17, 15) is 4.79 Å². The molecule has 0 aliphatic carbocycles. The lowest BCUT2D eigenvalue weighted by Crippen LogP contribution is -2.35. The van der Waals surface area contributed by atoms with Gasteiger partial charge in [0.25, 0.3) is 5.91 Å². The smallest absolute Gasteiger partial charge is 0.254 e. The van der Waals surface area contributed by atoms with Crippen LogP contribution in [0.1, 0.15) is 21.6 Å². The number of methoxy groups -OCH3 is 2. The van der Waals surface area contributed by atoms with Gasteiger partial charge in [-0.15, -0.1) is 0 Å². The van der Waals surface area contributed by atoms with Gasteiger partial charge in [-0.05, 0) is 36.2 Å². The number of nitrogens with zero attached hydrogens (tertiary/aromatic N) is 1. The Morgan fingerprint density at radius 2 is 1.88 bits per heavy atom. The molecule has 0 bridgehead atoms. The molecule has 4 rings (SSSR count). The highest BCUT2D eigenvalue weighted by molar-refractivity contribution is 5.95. The molecule has 0 spiro atoms. The fourth-order valence-electron chi connectivity index (χ4n) is 3.52. The second kappa shape index (κ2) is 6.16. The van der Waals surface area contributed by atoms with Gasteiger partial charge >= 0.3 is 0 Å². The standard InChI is InChI=1S/C20H20N2O3/c1-24-18-8-7-13(11-19(18)25-2)20(23)22-10-9-15-14-5-3-4-6-16(14)21-17(15)12-22/h3-8,11,21H,9-10,12H2,1-2H3. The molecule has 0 radical (unpaired) electrons. The highest BCUT2D eigenvalue weighted by atomic mass is 16.5. The Bertz CT molecular complexity index is 945. The molecule has 1 N–H and O–H groups in total. The Morgan fingerprint density at radius 3 is 2.68 bits per heavy atom. The molecule has 1 aliphatic rings. The van der Waals surface area contributed by atoms with Crippen molar-refractivity contribution in [2.75, 3.05) is 20.8 Å². The van der Waals surface area contributed by atoms with Crippen molar-refractivity contribution in [3.8, 4) is 11.5 Å². The number of carbonyl (C=O) groups excluding carboxylic acids is 1. The number of aromatic amines is 1. The third-order valence-electron chi connectivity index (χ3n) is 4.80. The summed E-state index contributed by atoms with van der Waals surface area (Å²) in [5.74, 6) is 1.19. The Kier molecular flexibility index (Phi) is 3.84. The summed E-state index contributed by atoms with van der Waals surface area (Å²) in [6.07, 6.45) is 0.860. The maximum absolute atomic E-state index is 12.9. The predicted octanol–water partition coefficient (Wildman–Crippen LogP) is 3.38. The van der Waals surface area contributed by atoms with Crippen LogP contribution in [-0.4, -0.2) is 36.6 Å². The van der Waals surface area contributed by atoms with E-state index in [0.29, 0.717) is 30.2 Å². The minimum Gasteiger partial charge on any atom is -0.493 e. The second-order valence-electron chi connectivity index (χ2n) is 6.17. The summed E-state index contributed by atoms with van der Waals surface area (Å²) >= 11 is 0. The van der Waals surface area contributed by atoms with E-state index in [1.165, 1.54) is 10.9 Å². The maximum Gasteiger partial charge on any atom is 0.254 e. The van der Waals surface area contributed by atoms with Gasteiger partial charge in [0, 0.05) is 28.7 Å². The zero-order valence-electron chi connectivity index (χ0n) is 14.3. The number of rotatable bonds is 3. The summed E-state index contributed by atoms with van der Waals surface area (Å²) in [6, 6.07) is 13.6. The molecule has 25 heavy (non-hydrogen) atoms. The van der Waals surface area contributed by atoms with Crippen molar-refractivity contribution in [2.45, 2.75) is 13.0 Å². The van der Waals surface area contributed by atoms with Crippen molar-refractivity contribution in [3.63, 3.8) is 0 Å². The molecule has 2 aromatic carbocycles. The molecule has 0 atom stereocenters. The second-order valence-corrected chi connectivity index (χ2v) is 6.17. The maximum atomic E-state index is 12.9. The number of ether oxygens (including phenoxy) is 2. The fraction of sp³-hybridized carbons (Fsp3) is 0.250. The van der Waals surface area contributed by atoms with E-state index < -0.39 is 0 Å². The zero-order chi connectivity index (χ0) is 17.4. The van der Waals surface area contributed by atoms with Crippen LogP contribution in [0.15, 0.2) is 42.5 Å². The molecule has 0 unspecified atom stereocenters. The van der Waals surface area contributed by atoms with Crippen LogP contribution in [0.25, 0.3) is 10.9 Å². The predicted molar refractivity (Wildman–Crippen MR) is 96.3 cm³/mol. The van der Waals surface area contributed by atoms with E-state index in [2.05, 4.69) is 23.2 Å². The summed E-state index contributed by atoms with van der Waals surface area (Å²) in [5.41, 5.74) is 4.19. The van der Waals surface area contributed by atoms with Crippen LogP contribution in [0.5, 0.6) is 11.5 Å². The molecule has 0 fully saturated rings. The summed E-state index contributed by atoms with van der Waals surface area (Å²) < 4.78 is 10.6. The van der Waals surface area contributed by atoms with E-state index in [0.717, 1.165) is 17.6 Å². The fourth-order valence-corrected chi connectivity index (χ4v) is 3.52. The summed E-state index contributed by atoms with van der Waals surface area (Å²) in [5, 5.41) is 1.26. The molecule has 5 heteroatoms. The summed E-state index contributed by atoms with van der Waals surface area (Å²) in [4.78, 5) is 18.2. The SMILES string of the molecule is COc1ccc(C(=O)N2CCc3c([nH]c4ccccc34)C2)cc1OC. The quantitative estimate of drug-likeness (QED) is 0.798. The van der Waals surface area contributed by atoms with Gasteiger partial charge in [-0.1, -0.05) is 18.2 Å².